The summed E-state index contributed by atoms with van der Waals surface area (Å²) in [5.41, 5.74) is 2.86. The van der Waals surface area contributed by atoms with Gasteiger partial charge in [-0.25, -0.2) is 17.5 Å². The van der Waals surface area contributed by atoms with Crippen LogP contribution in [0.3, 0.4) is 0 Å². The molecule has 0 spiro atoms. The number of aromatic nitrogens is 1. The summed E-state index contributed by atoms with van der Waals surface area (Å²) in [6.07, 6.45) is 1.48. The van der Waals surface area contributed by atoms with Crippen molar-refractivity contribution in [2.24, 2.45) is 0 Å². The van der Waals surface area contributed by atoms with Crippen LogP contribution in [0.5, 0.6) is 0 Å². The highest BCUT2D eigenvalue weighted by Crippen LogP contribution is 2.27. The fraction of sp³-hybridized carbons (Fsp3) is 0.105. The Morgan fingerprint density at radius 2 is 1.88 bits per heavy atom. The predicted molar refractivity (Wildman–Crippen MR) is 102 cm³/mol. The first-order chi connectivity index (χ1) is 12.4. The lowest BCUT2D eigenvalue weighted by molar-refractivity contribution is 0.585. The van der Waals surface area contributed by atoms with Gasteiger partial charge in [0.1, 0.15) is 5.82 Å². The van der Waals surface area contributed by atoms with E-state index < -0.39 is 10.0 Å². The number of hydrogen-bond donors (Lipinski definition) is 2. The van der Waals surface area contributed by atoms with Crippen LogP contribution in [0.25, 0.3) is 10.9 Å². The molecular weight excluding hydrogens is 353 g/mol. The van der Waals surface area contributed by atoms with Crippen LogP contribution in [-0.2, 0) is 10.0 Å². The molecule has 0 aliphatic heterocycles. The number of pyridine rings is 1. The molecule has 7 heteroatoms. The number of fused-ring (bicyclic) bond motifs is 1. The van der Waals surface area contributed by atoms with Crippen molar-refractivity contribution in [3.8, 4) is 0 Å². The van der Waals surface area contributed by atoms with E-state index in [0.29, 0.717) is 22.3 Å². The smallest absolute Gasteiger partial charge is 0.240 e. The zero-order valence-corrected chi connectivity index (χ0v) is 15.0. The van der Waals surface area contributed by atoms with Gasteiger partial charge in [0.2, 0.25) is 10.0 Å². The van der Waals surface area contributed by atoms with E-state index in [9.17, 15) is 12.8 Å². The van der Waals surface area contributed by atoms with Crippen molar-refractivity contribution < 1.29 is 12.8 Å². The van der Waals surface area contributed by atoms with Gasteiger partial charge in [-0.1, -0.05) is 6.08 Å². The third-order valence-corrected chi connectivity index (χ3v) is 5.20. The summed E-state index contributed by atoms with van der Waals surface area (Å²) in [6, 6.07) is 12.6. The summed E-state index contributed by atoms with van der Waals surface area (Å²) in [4.78, 5) is 4.55. The molecule has 3 aromatic rings. The minimum absolute atomic E-state index is 0.159. The van der Waals surface area contributed by atoms with Crippen LogP contribution in [0, 0.1) is 12.7 Å². The predicted octanol–water partition coefficient (Wildman–Crippen LogP) is 3.89. The molecule has 1 heterocycles. The van der Waals surface area contributed by atoms with Crippen LogP contribution >= 0.6 is 0 Å². The Morgan fingerprint density at radius 1 is 1.15 bits per heavy atom. The van der Waals surface area contributed by atoms with Crippen LogP contribution in [0.4, 0.5) is 15.8 Å². The lowest BCUT2D eigenvalue weighted by atomic mass is 10.1. The van der Waals surface area contributed by atoms with Gasteiger partial charge in [-0.15, -0.1) is 6.58 Å². The van der Waals surface area contributed by atoms with Gasteiger partial charge < -0.3 is 5.32 Å². The van der Waals surface area contributed by atoms with E-state index in [1.807, 2.05) is 13.0 Å². The number of nitrogens with zero attached hydrogens (tertiary/aromatic N) is 1. The summed E-state index contributed by atoms with van der Waals surface area (Å²) in [5.74, 6) is -0.346. The highest BCUT2D eigenvalue weighted by molar-refractivity contribution is 7.89. The molecule has 0 atom stereocenters. The monoisotopic (exact) mass is 371 g/mol. The number of halogens is 1. The first kappa shape index (κ1) is 18.0. The fourth-order valence-electron chi connectivity index (χ4n) is 2.56. The summed E-state index contributed by atoms with van der Waals surface area (Å²) in [7, 11) is -3.57. The highest BCUT2D eigenvalue weighted by Gasteiger charge is 2.12. The largest absolute Gasteiger partial charge is 0.355 e. The first-order valence-corrected chi connectivity index (χ1v) is 9.42. The normalized spacial score (nSPS) is 11.5. The molecule has 0 saturated carbocycles. The minimum Gasteiger partial charge on any atom is -0.355 e. The second-order valence-electron chi connectivity index (χ2n) is 5.76. The molecule has 1 aromatic heterocycles. The van der Waals surface area contributed by atoms with E-state index >= 15 is 0 Å². The maximum Gasteiger partial charge on any atom is 0.240 e. The van der Waals surface area contributed by atoms with Crippen molar-refractivity contribution in [1.29, 1.82) is 0 Å². The van der Waals surface area contributed by atoms with Gasteiger partial charge in [-0.2, -0.15) is 0 Å². The van der Waals surface area contributed by atoms with Gasteiger partial charge in [-0.3, -0.25) is 4.98 Å². The summed E-state index contributed by atoms with van der Waals surface area (Å²) < 4.78 is 40.2. The Morgan fingerprint density at radius 3 is 2.58 bits per heavy atom. The number of benzene rings is 2. The Hall–Kier alpha value is -2.77. The number of hydrogen-bond acceptors (Lipinski definition) is 4. The van der Waals surface area contributed by atoms with Crippen LogP contribution in [0.1, 0.15) is 5.69 Å². The first-order valence-electron chi connectivity index (χ1n) is 7.93. The average molecular weight is 371 g/mol. The maximum absolute atomic E-state index is 13.6. The Balaban J connectivity index is 1.91. The summed E-state index contributed by atoms with van der Waals surface area (Å²) >= 11 is 0. The van der Waals surface area contributed by atoms with E-state index in [1.165, 1.54) is 30.3 Å². The molecule has 5 nitrogen and oxygen atoms in total. The molecule has 134 valence electrons. The van der Waals surface area contributed by atoms with Crippen molar-refractivity contribution >= 4 is 32.3 Å². The lowest BCUT2D eigenvalue weighted by Crippen LogP contribution is -2.23. The topological polar surface area (TPSA) is 71.1 Å². The molecular formula is C19H18FN3O2S. The lowest BCUT2D eigenvalue weighted by Gasteiger charge is -2.12. The molecule has 0 radical (unpaired) electrons. The molecule has 0 saturated heterocycles. The Labute approximate surface area is 151 Å². The molecule has 0 aliphatic rings. The van der Waals surface area contributed by atoms with E-state index in [4.69, 9.17) is 0 Å². The molecule has 2 N–H and O–H groups in total. The standard InChI is InChI=1S/C19H18FN3O2S/c1-3-10-21-26(24,25)16-7-5-15(6-8-16)23-19-11-13(2)22-18-9-4-14(20)12-17(18)19/h3-9,11-12,21H,1,10H2,2H3,(H,22,23). The molecule has 0 unspecified atom stereocenters. The quantitative estimate of drug-likeness (QED) is 0.645. The van der Waals surface area contributed by atoms with Crippen molar-refractivity contribution in [3.05, 3.63) is 72.7 Å². The molecule has 26 heavy (non-hydrogen) atoms. The number of anilines is 2. The van der Waals surface area contributed by atoms with Crippen LogP contribution in [-0.4, -0.2) is 19.9 Å². The van der Waals surface area contributed by atoms with Crippen molar-refractivity contribution in [3.63, 3.8) is 0 Å². The van der Waals surface area contributed by atoms with Gasteiger partial charge in [0, 0.05) is 29.0 Å². The van der Waals surface area contributed by atoms with Crippen molar-refractivity contribution in [2.45, 2.75) is 11.8 Å². The van der Waals surface area contributed by atoms with E-state index in [0.717, 1.165) is 5.69 Å². The van der Waals surface area contributed by atoms with Crippen molar-refractivity contribution in [2.75, 3.05) is 11.9 Å². The molecule has 2 aromatic carbocycles. The third-order valence-electron chi connectivity index (χ3n) is 3.76. The van der Waals surface area contributed by atoms with Gasteiger partial charge in [0.05, 0.1) is 10.4 Å². The second-order valence-corrected chi connectivity index (χ2v) is 7.53. The zero-order valence-electron chi connectivity index (χ0n) is 14.2. The van der Waals surface area contributed by atoms with Gasteiger partial charge in [-0.05, 0) is 55.5 Å². The minimum atomic E-state index is -3.57. The van der Waals surface area contributed by atoms with Crippen LogP contribution in [0.2, 0.25) is 0 Å². The molecule has 0 fully saturated rings. The average Bonchev–Trinajstić information content (AvgIpc) is 2.61. The highest BCUT2D eigenvalue weighted by atomic mass is 32.2. The third kappa shape index (κ3) is 3.89. The molecule has 3 rings (SSSR count). The van der Waals surface area contributed by atoms with Gasteiger partial charge in [0.25, 0.3) is 0 Å². The summed E-state index contributed by atoms with van der Waals surface area (Å²) in [6.45, 7) is 5.51. The maximum atomic E-state index is 13.6. The zero-order chi connectivity index (χ0) is 18.7. The molecule has 0 amide bonds. The fourth-order valence-corrected chi connectivity index (χ4v) is 3.56. The molecule has 0 bridgehead atoms. The number of nitrogens with one attached hydrogen (secondary N) is 2. The van der Waals surface area contributed by atoms with Crippen molar-refractivity contribution in [1.82, 2.24) is 9.71 Å². The van der Waals surface area contributed by atoms with Crippen LogP contribution in [0.15, 0.2) is 66.1 Å². The van der Waals surface area contributed by atoms with E-state index in [-0.39, 0.29) is 17.3 Å². The number of sulfonamides is 1. The van der Waals surface area contributed by atoms with Gasteiger partial charge in [0.15, 0.2) is 0 Å². The Bertz CT molecular complexity index is 1060. The second kappa shape index (κ2) is 7.23. The molecule has 0 aliphatic carbocycles. The summed E-state index contributed by atoms with van der Waals surface area (Å²) in [5, 5.41) is 3.85. The number of rotatable bonds is 6. The van der Waals surface area contributed by atoms with Crippen LogP contribution < -0.4 is 10.0 Å². The number of aryl methyl sites for hydroxylation is 1. The SMILES string of the molecule is C=CCNS(=O)(=O)c1ccc(Nc2cc(C)nc3ccc(F)cc23)cc1. The van der Waals surface area contributed by atoms with Gasteiger partial charge >= 0.3 is 0 Å². The van der Waals surface area contributed by atoms with E-state index in [1.54, 1.807) is 18.2 Å². The Kier molecular flexibility index (Phi) is 5.01. The van der Waals surface area contributed by atoms with E-state index in [2.05, 4.69) is 21.6 Å².